The van der Waals surface area contributed by atoms with Crippen molar-refractivity contribution in [2.45, 2.75) is 58.4 Å². The summed E-state index contributed by atoms with van der Waals surface area (Å²) in [7, 11) is 1.86. The highest BCUT2D eigenvalue weighted by molar-refractivity contribution is 5.80. The van der Waals surface area contributed by atoms with E-state index in [1.165, 1.54) is 56.4 Å². The molecule has 1 aliphatic rings. The van der Waals surface area contributed by atoms with E-state index >= 15 is 0 Å². The van der Waals surface area contributed by atoms with E-state index in [4.69, 9.17) is 0 Å². The summed E-state index contributed by atoms with van der Waals surface area (Å²) in [6.07, 6.45) is 5.02. The number of hydrogen-bond acceptors (Lipinski definition) is 2. The van der Waals surface area contributed by atoms with Crippen LogP contribution in [-0.4, -0.2) is 50.1 Å². The number of likely N-dealkylation sites (tertiary alicyclic amines) is 1. The molecule has 0 amide bonds. The molecule has 0 saturated carbocycles. The maximum atomic E-state index is 4.41. The maximum Gasteiger partial charge on any atom is 0.191 e. The Morgan fingerprint density at radius 3 is 2.52 bits per heavy atom. The molecule has 1 fully saturated rings. The molecule has 4 heteroatoms. The van der Waals surface area contributed by atoms with Gasteiger partial charge in [0.05, 0.1) is 0 Å². The van der Waals surface area contributed by atoms with Crippen molar-refractivity contribution in [1.82, 2.24) is 15.5 Å². The van der Waals surface area contributed by atoms with Crippen LogP contribution < -0.4 is 10.6 Å². The fourth-order valence-corrected chi connectivity index (χ4v) is 3.33. The molecule has 4 nitrogen and oxygen atoms in total. The molecule has 1 heterocycles. The minimum absolute atomic E-state index is 0.468. The van der Waals surface area contributed by atoms with Crippen molar-refractivity contribution in [1.29, 1.82) is 0 Å². The quantitative estimate of drug-likeness (QED) is 0.587. The van der Waals surface area contributed by atoms with Gasteiger partial charge < -0.3 is 15.5 Å². The number of rotatable bonds is 7. The Hall–Kier alpha value is -1.55. The van der Waals surface area contributed by atoms with Gasteiger partial charge in [-0.2, -0.15) is 0 Å². The molecule has 0 bridgehead atoms. The standard InChI is InChI=1S/C21H36N4/c1-5-6-13-25-14-11-20(12-15-25)24-21(22-4)23-16-18(3)19-9-7-17(2)8-10-19/h7-10,18,20H,5-6,11-16H2,1-4H3,(H2,22,23,24). The molecule has 1 unspecified atom stereocenters. The summed E-state index contributed by atoms with van der Waals surface area (Å²) in [6.45, 7) is 11.2. The zero-order chi connectivity index (χ0) is 18.1. The Labute approximate surface area is 154 Å². The van der Waals surface area contributed by atoms with Crippen molar-refractivity contribution in [2.24, 2.45) is 4.99 Å². The number of aryl methyl sites for hydroxylation is 1. The van der Waals surface area contributed by atoms with Gasteiger partial charge in [-0.1, -0.05) is 50.1 Å². The summed E-state index contributed by atoms with van der Waals surface area (Å²) in [5.41, 5.74) is 2.68. The number of aliphatic imine (C=N–C) groups is 1. The van der Waals surface area contributed by atoms with E-state index in [0.29, 0.717) is 12.0 Å². The van der Waals surface area contributed by atoms with Crippen LogP contribution in [0.1, 0.15) is 56.6 Å². The Balaban J connectivity index is 1.73. The molecule has 1 aromatic carbocycles. The molecule has 0 radical (unpaired) electrons. The molecule has 140 valence electrons. The first-order chi connectivity index (χ1) is 12.1. The van der Waals surface area contributed by atoms with E-state index in [2.05, 4.69) is 65.6 Å². The van der Waals surface area contributed by atoms with E-state index in [9.17, 15) is 0 Å². The van der Waals surface area contributed by atoms with Crippen molar-refractivity contribution in [3.63, 3.8) is 0 Å². The van der Waals surface area contributed by atoms with Crippen molar-refractivity contribution < 1.29 is 0 Å². The first-order valence-corrected chi connectivity index (χ1v) is 9.88. The Kier molecular flexibility index (Phi) is 8.26. The van der Waals surface area contributed by atoms with E-state index in [1.54, 1.807) is 0 Å². The number of piperidine rings is 1. The van der Waals surface area contributed by atoms with Gasteiger partial charge in [-0.25, -0.2) is 0 Å². The molecule has 0 spiro atoms. The second-order valence-electron chi connectivity index (χ2n) is 7.38. The second kappa shape index (κ2) is 10.4. The Morgan fingerprint density at radius 2 is 1.92 bits per heavy atom. The van der Waals surface area contributed by atoms with Crippen LogP contribution in [0.4, 0.5) is 0 Å². The predicted molar refractivity (Wildman–Crippen MR) is 108 cm³/mol. The minimum atomic E-state index is 0.468. The third-order valence-corrected chi connectivity index (χ3v) is 5.20. The average molecular weight is 345 g/mol. The van der Waals surface area contributed by atoms with Gasteiger partial charge in [0.25, 0.3) is 0 Å². The zero-order valence-electron chi connectivity index (χ0n) is 16.5. The Bertz CT molecular complexity index is 515. The first kappa shape index (κ1) is 19.8. The zero-order valence-corrected chi connectivity index (χ0v) is 16.5. The SMILES string of the molecule is CCCCN1CCC(NC(=NC)NCC(C)c2ccc(C)cc2)CC1. The van der Waals surface area contributed by atoms with Gasteiger partial charge in [-0.15, -0.1) is 0 Å². The van der Waals surface area contributed by atoms with Gasteiger partial charge >= 0.3 is 0 Å². The Morgan fingerprint density at radius 1 is 1.24 bits per heavy atom. The number of unbranched alkanes of at least 4 members (excludes halogenated alkanes) is 1. The molecule has 2 N–H and O–H groups in total. The normalized spacial score (nSPS) is 18.2. The lowest BCUT2D eigenvalue weighted by Crippen LogP contribution is -2.49. The third kappa shape index (κ3) is 6.69. The van der Waals surface area contributed by atoms with Gasteiger partial charge in [0.1, 0.15) is 0 Å². The molecular weight excluding hydrogens is 308 g/mol. The molecular formula is C21H36N4. The number of benzene rings is 1. The number of nitrogens with one attached hydrogen (secondary N) is 2. The molecule has 1 atom stereocenters. The number of guanidine groups is 1. The van der Waals surface area contributed by atoms with Crippen LogP contribution in [0.25, 0.3) is 0 Å². The summed E-state index contributed by atoms with van der Waals surface area (Å²) in [5, 5.41) is 7.11. The number of nitrogens with zero attached hydrogens (tertiary/aromatic N) is 2. The summed E-state index contributed by atoms with van der Waals surface area (Å²) in [5.74, 6) is 1.40. The monoisotopic (exact) mass is 344 g/mol. The summed E-state index contributed by atoms with van der Waals surface area (Å²) >= 11 is 0. The van der Waals surface area contributed by atoms with Gasteiger partial charge in [-0.05, 0) is 44.2 Å². The molecule has 1 saturated heterocycles. The van der Waals surface area contributed by atoms with E-state index in [1.807, 2.05) is 7.05 Å². The van der Waals surface area contributed by atoms with Crippen molar-refractivity contribution in [3.05, 3.63) is 35.4 Å². The lowest BCUT2D eigenvalue weighted by atomic mass is 10.00. The molecule has 0 aliphatic carbocycles. The minimum Gasteiger partial charge on any atom is -0.356 e. The van der Waals surface area contributed by atoms with Crippen LogP contribution in [0.15, 0.2) is 29.3 Å². The van der Waals surface area contributed by atoms with Crippen LogP contribution in [-0.2, 0) is 0 Å². The van der Waals surface area contributed by atoms with Crippen LogP contribution >= 0.6 is 0 Å². The molecule has 1 aliphatic heterocycles. The highest BCUT2D eigenvalue weighted by atomic mass is 15.2. The van der Waals surface area contributed by atoms with Crippen molar-refractivity contribution in [3.8, 4) is 0 Å². The van der Waals surface area contributed by atoms with Crippen LogP contribution in [0.3, 0.4) is 0 Å². The fraction of sp³-hybridized carbons (Fsp3) is 0.667. The van der Waals surface area contributed by atoms with Crippen LogP contribution in [0.2, 0.25) is 0 Å². The lowest BCUT2D eigenvalue weighted by molar-refractivity contribution is 0.203. The number of hydrogen-bond donors (Lipinski definition) is 2. The summed E-state index contributed by atoms with van der Waals surface area (Å²) in [4.78, 5) is 7.01. The smallest absolute Gasteiger partial charge is 0.191 e. The van der Waals surface area contributed by atoms with Gasteiger partial charge in [-0.3, -0.25) is 4.99 Å². The molecule has 0 aromatic heterocycles. The second-order valence-corrected chi connectivity index (χ2v) is 7.38. The van der Waals surface area contributed by atoms with Gasteiger partial charge in [0.15, 0.2) is 5.96 Å². The summed E-state index contributed by atoms with van der Waals surface area (Å²) in [6, 6.07) is 9.36. The molecule has 1 aromatic rings. The van der Waals surface area contributed by atoms with Crippen LogP contribution in [0, 0.1) is 6.92 Å². The average Bonchev–Trinajstić information content (AvgIpc) is 2.64. The topological polar surface area (TPSA) is 39.7 Å². The van der Waals surface area contributed by atoms with Gasteiger partial charge in [0, 0.05) is 32.7 Å². The first-order valence-electron chi connectivity index (χ1n) is 9.88. The molecule has 2 rings (SSSR count). The van der Waals surface area contributed by atoms with E-state index < -0.39 is 0 Å². The predicted octanol–water partition coefficient (Wildman–Crippen LogP) is 3.53. The fourth-order valence-electron chi connectivity index (χ4n) is 3.33. The van der Waals surface area contributed by atoms with Crippen molar-refractivity contribution >= 4 is 5.96 Å². The van der Waals surface area contributed by atoms with E-state index in [-0.39, 0.29) is 0 Å². The van der Waals surface area contributed by atoms with Crippen LogP contribution in [0.5, 0.6) is 0 Å². The summed E-state index contributed by atoms with van der Waals surface area (Å²) < 4.78 is 0. The van der Waals surface area contributed by atoms with Crippen molar-refractivity contribution in [2.75, 3.05) is 33.2 Å². The molecule has 25 heavy (non-hydrogen) atoms. The van der Waals surface area contributed by atoms with E-state index in [0.717, 1.165) is 12.5 Å². The largest absolute Gasteiger partial charge is 0.356 e. The highest BCUT2D eigenvalue weighted by Crippen LogP contribution is 2.15. The highest BCUT2D eigenvalue weighted by Gasteiger charge is 2.19. The lowest BCUT2D eigenvalue weighted by Gasteiger charge is -2.33. The van der Waals surface area contributed by atoms with Gasteiger partial charge in [0.2, 0.25) is 0 Å². The maximum absolute atomic E-state index is 4.41. The third-order valence-electron chi connectivity index (χ3n) is 5.20.